The number of nitrogens with zero attached hydrogens (tertiary/aromatic N) is 5. The maximum atomic E-state index is 11.8. The van der Waals surface area contributed by atoms with E-state index in [1.807, 2.05) is 18.2 Å². The molecule has 150 valence electrons. The Morgan fingerprint density at radius 2 is 1.86 bits per heavy atom. The summed E-state index contributed by atoms with van der Waals surface area (Å²) in [5.41, 5.74) is 2.42. The van der Waals surface area contributed by atoms with Crippen LogP contribution in [0.25, 0.3) is 5.65 Å². The maximum Gasteiger partial charge on any atom is 0.338 e. The van der Waals surface area contributed by atoms with E-state index in [2.05, 4.69) is 37.3 Å². The van der Waals surface area contributed by atoms with Crippen LogP contribution in [-0.2, 0) is 11.3 Å². The van der Waals surface area contributed by atoms with Gasteiger partial charge in [-0.2, -0.15) is 4.98 Å². The number of anilines is 2. The van der Waals surface area contributed by atoms with Crippen LogP contribution in [0.1, 0.15) is 22.8 Å². The molecule has 1 fully saturated rings. The summed E-state index contributed by atoms with van der Waals surface area (Å²) in [5, 5.41) is 16.4. The SMILES string of the molecule is CC(=O)Nc1nc2cc(C(=O)O)c(N3CCN(Cc4ccccc4)CC3)cn2n1. The molecule has 3 heterocycles. The summed E-state index contributed by atoms with van der Waals surface area (Å²) in [6.45, 7) is 5.34. The lowest BCUT2D eigenvalue weighted by Crippen LogP contribution is -2.46. The number of piperazine rings is 1. The molecule has 1 aliphatic rings. The fourth-order valence-corrected chi connectivity index (χ4v) is 3.54. The normalized spacial score (nSPS) is 14.9. The number of aromatic carboxylic acids is 1. The van der Waals surface area contributed by atoms with Gasteiger partial charge in [0.05, 0.1) is 17.4 Å². The first-order valence-electron chi connectivity index (χ1n) is 9.42. The molecule has 3 aromatic rings. The molecule has 0 spiro atoms. The highest BCUT2D eigenvalue weighted by Crippen LogP contribution is 2.24. The molecule has 1 saturated heterocycles. The van der Waals surface area contributed by atoms with Crippen molar-refractivity contribution in [3.63, 3.8) is 0 Å². The van der Waals surface area contributed by atoms with Crippen molar-refractivity contribution in [2.24, 2.45) is 0 Å². The Kier molecular flexibility index (Phi) is 5.13. The number of aromatic nitrogens is 3. The number of carbonyl (C=O) groups excluding carboxylic acids is 1. The Morgan fingerprint density at radius 1 is 1.14 bits per heavy atom. The maximum absolute atomic E-state index is 11.8. The minimum atomic E-state index is -1.02. The zero-order chi connectivity index (χ0) is 20.4. The molecule has 1 amide bonds. The van der Waals surface area contributed by atoms with Crippen molar-refractivity contribution in [1.29, 1.82) is 0 Å². The Hall–Kier alpha value is -3.46. The Bertz CT molecular complexity index is 1040. The second kappa shape index (κ2) is 7.88. The van der Waals surface area contributed by atoms with Gasteiger partial charge >= 0.3 is 5.97 Å². The molecule has 29 heavy (non-hydrogen) atoms. The van der Waals surface area contributed by atoms with Crippen LogP contribution >= 0.6 is 0 Å². The largest absolute Gasteiger partial charge is 0.478 e. The molecule has 0 radical (unpaired) electrons. The number of fused-ring (bicyclic) bond motifs is 1. The summed E-state index contributed by atoms with van der Waals surface area (Å²) < 4.78 is 1.50. The molecule has 9 nitrogen and oxygen atoms in total. The smallest absolute Gasteiger partial charge is 0.338 e. The average molecular weight is 394 g/mol. The van der Waals surface area contributed by atoms with Crippen LogP contribution in [-0.4, -0.2) is 62.7 Å². The number of carbonyl (C=O) groups is 2. The number of carboxylic acids is 1. The van der Waals surface area contributed by atoms with E-state index in [4.69, 9.17) is 0 Å². The number of rotatable bonds is 5. The van der Waals surface area contributed by atoms with E-state index in [1.54, 1.807) is 6.20 Å². The number of hydrogen-bond acceptors (Lipinski definition) is 6. The second-order valence-corrected chi connectivity index (χ2v) is 7.05. The molecule has 9 heteroatoms. The summed E-state index contributed by atoms with van der Waals surface area (Å²) in [7, 11) is 0. The number of pyridine rings is 1. The van der Waals surface area contributed by atoms with Crippen LogP contribution in [0, 0.1) is 0 Å². The Labute approximate surface area is 167 Å². The van der Waals surface area contributed by atoms with Gasteiger partial charge in [0.15, 0.2) is 5.65 Å². The van der Waals surface area contributed by atoms with E-state index >= 15 is 0 Å². The molecular formula is C20H22N6O3. The first kappa shape index (κ1) is 18.9. The monoisotopic (exact) mass is 394 g/mol. The van der Waals surface area contributed by atoms with Gasteiger partial charge in [-0.3, -0.25) is 15.0 Å². The lowest BCUT2D eigenvalue weighted by atomic mass is 10.1. The van der Waals surface area contributed by atoms with E-state index in [0.717, 1.165) is 19.6 Å². The van der Waals surface area contributed by atoms with Crippen LogP contribution in [0.3, 0.4) is 0 Å². The van der Waals surface area contributed by atoms with Gasteiger partial charge in [0.1, 0.15) is 0 Å². The van der Waals surface area contributed by atoms with Crippen molar-refractivity contribution in [1.82, 2.24) is 19.5 Å². The van der Waals surface area contributed by atoms with Crippen LogP contribution in [0.2, 0.25) is 0 Å². The van der Waals surface area contributed by atoms with E-state index in [9.17, 15) is 14.7 Å². The van der Waals surface area contributed by atoms with Gasteiger partial charge in [0.2, 0.25) is 11.9 Å². The second-order valence-electron chi connectivity index (χ2n) is 7.05. The summed E-state index contributed by atoms with van der Waals surface area (Å²) in [4.78, 5) is 31.7. The third-order valence-corrected chi connectivity index (χ3v) is 4.93. The molecule has 2 aromatic heterocycles. The highest BCUT2D eigenvalue weighted by atomic mass is 16.4. The van der Waals surface area contributed by atoms with Crippen LogP contribution < -0.4 is 10.2 Å². The molecule has 4 rings (SSSR count). The standard InChI is InChI=1S/C20H22N6O3/c1-14(27)21-20-22-18-11-16(19(28)29)17(13-26(18)23-20)25-9-7-24(8-10-25)12-15-5-3-2-4-6-15/h2-6,11,13H,7-10,12H2,1H3,(H,28,29)(H,21,23,27). The van der Waals surface area contributed by atoms with Gasteiger partial charge in [-0.15, -0.1) is 5.10 Å². The third-order valence-electron chi connectivity index (χ3n) is 4.93. The van der Waals surface area contributed by atoms with E-state index in [1.165, 1.54) is 23.1 Å². The van der Waals surface area contributed by atoms with E-state index in [-0.39, 0.29) is 17.4 Å². The molecule has 0 atom stereocenters. The van der Waals surface area contributed by atoms with Crippen molar-refractivity contribution in [2.75, 3.05) is 36.4 Å². The topological polar surface area (TPSA) is 103 Å². The molecule has 0 saturated carbocycles. The molecule has 1 aliphatic heterocycles. The lowest BCUT2D eigenvalue weighted by Gasteiger charge is -2.36. The molecular weight excluding hydrogens is 372 g/mol. The number of nitrogens with one attached hydrogen (secondary N) is 1. The minimum Gasteiger partial charge on any atom is -0.478 e. The van der Waals surface area contributed by atoms with E-state index in [0.29, 0.717) is 24.4 Å². The fraction of sp³-hybridized carbons (Fsp3) is 0.300. The zero-order valence-corrected chi connectivity index (χ0v) is 16.1. The molecule has 1 aromatic carbocycles. The summed E-state index contributed by atoms with van der Waals surface area (Å²) >= 11 is 0. The molecule has 0 aliphatic carbocycles. The molecule has 0 bridgehead atoms. The molecule has 2 N–H and O–H groups in total. The summed E-state index contributed by atoms with van der Waals surface area (Å²) in [6, 6.07) is 11.8. The zero-order valence-electron chi connectivity index (χ0n) is 16.1. The first-order valence-corrected chi connectivity index (χ1v) is 9.42. The van der Waals surface area contributed by atoms with Gasteiger partial charge < -0.3 is 10.0 Å². The minimum absolute atomic E-state index is 0.152. The number of carboxylic acid groups (broad SMARTS) is 1. The predicted octanol–water partition coefficient (Wildman–Crippen LogP) is 1.71. The third kappa shape index (κ3) is 4.19. The number of benzene rings is 1. The number of amides is 1. The first-order chi connectivity index (χ1) is 14.0. The average Bonchev–Trinajstić information content (AvgIpc) is 3.09. The summed E-state index contributed by atoms with van der Waals surface area (Å²) in [6.07, 6.45) is 1.67. The van der Waals surface area contributed by atoms with Crippen LogP contribution in [0.15, 0.2) is 42.6 Å². The predicted molar refractivity (Wildman–Crippen MR) is 108 cm³/mol. The van der Waals surface area contributed by atoms with Gasteiger partial charge in [-0.1, -0.05) is 30.3 Å². The van der Waals surface area contributed by atoms with Gasteiger partial charge in [-0.05, 0) is 11.6 Å². The van der Waals surface area contributed by atoms with Crippen molar-refractivity contribution in [2.45, 2.75) is 13.5 Å². The van der Waals surface area contributed by atoms with Crippen molar-refractivity contribution in [3.8, 4) is 0 Å². The Morgan fingerprint density at radius 3 is 2.52 bits per heavy atom. The Balaban J connectivity index is 1.54. The number of hydrogen-bond donors (Lipinski definition) is 2. The highest BCUT2D eigenvalue weighted by molar-refractivity contribution is 5.95. The van der Waals surface area contributed by atoms with Gasteiger partial charge in [0, 0.05) is 39.6 Å². The van der Waals surface area contributed by atoms with Crippen LogP contribution in [0.5, 0.6) is 0 Å². The molecule has 0 unspecified atom stereocenters. The van der Waals surface area contributed by atoms with Gasteiger partial charge in [-0.25, -0.2) is 9.31 Å². The van der Waals surface area contributed by atoms with Crippen molar-refractivity contribution in [3.05, 3.63) is 53.7 Å². The van der Waals surface area contributed by atoms with Crippen molar-refractivity contribution < 1.29 is 14.7 Å². The quantitative estimate of drug-likeness (QED) is 0.679. The van der Waals surface area contributed by atoms with E-state index < -0.39 is 5.97 Å². The lowest BCUT2D eigenvalue weighted by molar-refractivity contribution is -0.114. The van der Waals surface area contributed by atoms with Crippen LogP contribution in [0.4, 0.5) is 11.6 Å². The van der Waals surface area contributed by atoms with Gasteiger partial charge in [0.25, 0.3) is 0 Å². The summed E-state index contributed by atoms with van der Waals surface area (Å²) in [5.74, 6) is -1.15. The highest BCUT2D eigenvalue weighted by Gasteiger charge is 2.23. The van der Waals surface area contributed by atoms with Crippen molar-refractivity contribution >= 4 is 29.2 Å². The fourth-order valence-electron chi connectivity index (χ4n) is 3.54.